The lowest BCUT2D eigenvalue weighted by Crippen LogP contribution is -2.51. The maximum absolute atomic E-state index is 13.2. The molecule has 1 amide bonds. The fraction of sp³-hybridized carbons (Fsp3) is 0.562. The molecule has 0 spiro atoms. The van der Waals surface area contributed by atoms with Crippen LogP contribution in [0.2, 0.25) is 0 Å². The molecule has 1 aromatic carbocycles. The second kappa shape index (κ2) is 8.34. The highest BCUT2D eigenvalue weighted by Crippen LogP contribution is 2.22. The lowest BCUT2D eigenvalue weighted by atomic mass is 10.1. The summed E-state index contributed by atoms with van der Waals surface area (Å²) in [5.41, 5.74) is -0.126. The van der Waals surface area contributed by atoms with E-state index in [0.717, 1.165) is 24.7 Å². The van der Waals surface area contributed by atoms with Gasteiger partial charge in [-0.25, -0.2) is 4.39 Å². The molecule has 2 atom stereocenters. The van der Waals surface area contributed by atoms with E-state index >= 15 is 0 Å². The van der Waals surface area contributed by atoms with Crippen molar-refractivity contribution < 1.29 is 27.4 Å². The summed E-state index contributed by atoms with van der Waals surface area (Å²) in [6, 6.07) is 3.21. The molecule has 1 aromatic rings. The van der Waals surface area contributed by atoms with Gasteiger partial charge >= 0.3 is 6.61 Å². The maximum Gasteiger partial charge on any atom is 0.387 e. The molecule has 24 heavy (non-hydrogen) atoms. The van der Waals surface area contributed by atoms with Gasteiger partial charge in [0.15, 0.2) is 0 Å². The predicted molar refractivity (Wildman–Crippen MR) is 81.8 cm³/mol. The Kier molecular flexibility index (Phi) is 6.44. The topological polar surface area (TPSA) is 50.8 Å². The first-order valence-corrected chi connectivity index (χ1v) is 7.74. The van der Waals surface area contributed by atoms with Crippen molar-refractivity contribution in [3.63, 3.8) is 0 Å². The standard InChI is InChI=1S/C16H21F3N2O3/c1-10(21-5-6-23-9-11(21)2)8-20-15(22)13-4-3-12(17)7-14(13)24-16(18)19/h3-4,7,10-11,16H,5-6,8-9H2,1-2H3,(H,20,22)/t10-,11-/m1/s1. The Labute approximate surface area is 138 Å². The van der Waals surface area contributed by atoms with Gasteiger partial charge in [-0.3, -0.25) is 9.69 Å². The Balaban J connectivity index is 1.99. The van der Waals surface area contributed by atoms with Crippen molar-refractivity contribution >= 4 is 5.91 Å². The Morgan fingerprint density at radius 2 is 2.25 bits per heavy atom. The maximum atomic E-state index is 13.2. The Bertz CT molecular complexity index is 571. The molecule has 0 saturated carbocycles. The lowest BCUT2D eigenvalue weighted by molar-refractivity contribution is -0.0503. The van der Waals surface area contributed by atoms with Gasteiger partial charge < -0.3 is 14.8 Å². The predicted octanol–water partition coefficient (Wildman–Crippen LogP) is 2.27. The minimum absolute atomic E-state index is 0.0489. The summed E-state index contributed by atoms with van der Waals surface area (Å²) in [5.74, 6) is -1.81. The Hall–Kier alpha value is -1.80. The number of rotatable bonds is 6. The molecule has 1 heterocycles. The van der Waals surface area contributed by atoms with E-state index in [2.05, 4.69) is 15.0 Å². The molecule has 1 fully saturated rings. The van der Waals surface area contributed by atoms with Crippen LogP contribution in [-0.2, 0) is 4.74 Å². The molecule has 8 heteroatoms. The molecule has 1 N–H and O–H groups in total. The van der Waals surface area contributed by atoms with Crippen molar-refractivity contribution in [1.29, 1.82) is 0 Å². The van der Waals surface area contributed by atoms with Crippen molar-refractivity contribution in [2.45, 2.75) is 32.5 Å². The van der Waals surface area contributed by atoms with Crippen LogP contribution < -0.4 is 10.1 Å². The van der Waals surface area contributed by atoms with Crippen LogP contribution in [0, 0.1) is 5.82 Å². The van der Waals surface area contributed by atoms with Crippen LogP contribution in [0.15, 0.2) is 18.2 Å². The normalized spacial score (nSPS) is 20.0. The summed E-state index contributed by atoms with van der Waals surface area (Å²) >= 11 is 0. The number of benzene rings is 1. The molecule has 1 aliphatic heterocycles. The quantitative estimate of drug-likeness (QED) is 0.859. The largest absolute Gasteiger partial charge is 0.434 e. The number of hydrogen-bond donors (Lipinski definition) is 1. The molecular weight excluding hydrogens is 325 g/mol. The number of amides is 1. The molecule has 1 saturated heterocycles. The van der Waals surface area contributed by atoms with E-state index in [0.29, 0.717) is 19.8 Å². The second-order valence-electron chi connectivity index (χ2n) is 5.74. The van der Waals surface area contributed by atoms with E-state index in [1.165, 1.54) is 0 Å². The zero-order valence-corrected chi connectivity index (χ0v) is 13.6. The van der Waals surface area contributed by atoms with Crippen LogP contribution in [-0.4, -0.2) is 55.8 Å². The first kappa shape index (κ1) is 18.5. The molecule has 2 rings (SSSR count). The second-order valence-corrected chi connectivity index (χ2v) is 5.74. The van der Waals surface area contributed by atoms with Crippen LogP contribution in [0.3, 0.4) is 0 Å². The fourth-order valence-corrected chi connectivity index (χ4v) is 2.72. The van der Waals surface area contributed by atoms with E-state index in [9.17, 15) is 18.0 Å². The van der Waals surface area contributed by atoms with Gasteiger partial charge in [0.25, 0.3) is 5.91 Å². The average molecular weight is 346 g/mol. The van der Waals surface area contributed by atoms with E-state index in [-0.39, 0.29) is 17.6 Å². The van der Waals surface area contributed by atoms with Crippen LogP contribution in [0.5, 0.6) is 5.75 Å². The van der Waals surface area contributed by atoms with Crippen molar-refractivity contribution in [3.05, 3.63) is 29.6 Å². The van der Waals surface area contributed by atoms with Crippen molar-refractivity contribution in [2.75, 3.05) is 26.3 Å². The van der Waals surface area contributed by atoms with Crippen LogP contribution in [0.4, 0.5) is 13.2 Å². The highest BCUT2D eigenvalue weighted by atomic mass is 19.3. The molecule has 0 radical (unpaired) electrons. The molecular formula is C16H21F3N2O3. The highest BCUT2D eigenvalue weighted by Gasteiger charge is 2.24. The Morgan fingerprint density at radius 1 is 1.50 bits per heavy atom. The number of alkyl halides is 2. The van der Waals surface area contributed by atoms with Gasteiger partial charge in [0, 0.05) is 31.2 Å². The minimum Gasteiger partial charge on any atom is -0.434 e. The van der Waals surface area contributed by atoms with Gasteiger partial charge in [-0.05, 0) is 26.0 Å². The highest BCUT2D eigenvalue weighted by molar-refractivity contribution is 5.96. The molecule has 0 unspecified atom stereocenters. The fourth-order valence-electron chi connectivity index (χ4n) is 2.72. The SMILES string of the molecule is C[C@H](CNC(=O)c1ccc(F)cc1OC(F)F)N1CCOC[C@H]1C. The molecule has 134 valence electrons. The molecule has 0 aromatic heterocycles. The number of nitrogens with one attached hydrogen (secondary N) is 1. The van der Waals surface area contributed by atoms with E-state index in [1.54, 1.807) is 0 Å². The van der Waals surface area contributed by atoms with Gasteiger partial charge in [-0.15, -0.1) is 0 Å². The summed E-state index contributed by atoms with van der Waals surface area (Å²) in [6.07, 6.45) is 0. The average Bonchev–Trinajstić information content (AvgIpc) is 2.52. The zero-order chi connectivity index (χ0) is 17.7. The summed E-state index contributed by atoms with van der Waals surface area (Å²) < 4.78 is 47.6. The van der Waals surface area contributed by atoms with Gasteiger partial charge in [0.1, 0.15) is 11.6 Å². The van der Waals surface area contributed by atoms with E-state index in [1.807, 2.05) is 13.8 Å². The summed E-state index contributed by atoms with van der Waals surface area (Å²) in [7, 11) is 0. The smallest absolute Gasteiger partial charge is 0.387 e. The number of ether oxygens (including phenoxy) is 2. The third-order valence-electron chi connectivity index (χ3n) is 3.95. The van der Waals surface area contributed by atoms with Gasteiger partial charge in [-0.2, -0.15) is 8.78 Å². The van der Waals surface area contributed by atoms with Crippen LogP contribution in [0.25, 0.3) is 0 Å². The van der Waals surface area contributed by atoms with Crippen molar-refractivity contribution in [2.24, 2.45) is 0 Å². The van der Waals surface area contributed by atoms with Crippen molar-refractivity contribution in [3.8, 4) is 5.75 Å². The van der Waals surface area contributed by atoms with E-state index in [4.69, 9.17) is 4.74 Å². The van der Waals surface area contributed by atoms with Crippen molar-refractivity contribution in [1.82, 2.24) is 10.2 Å². The number of morpholine rings is 1. The number of carbonyl (C=O) groups is 1. The zero-order valence-electron chi connectivity index (χ0n) is 13.6. The third kappa shape index (κ3) is 4.85. The first-order valence-electron chi connectivity index (χ1n) is 7.74. The summed E-state index contributed by atoms with van der Waals surface area (Å²) in [5, 5.41) is 2.68. The number of carbonyl (C=O) groups excluding carboxylic acids is 1. The molecule has 0 bridgehead atoms. The monoisotopic (exact) mass is 346 g/mol. The number of halogens is 3. The summed E-state index contributed by atoms with van der Waals surface area (Å²) in [4.78, 5) is 14.4. The minimum atomic E-state index is -3.13. The van der Waals surface area contributed by atoms with Gasteiger partial charge in [0.05, 0.1) is 18.8 Å². The van der Waals surface area contributed by atoms with Gasteiger partial charge in [-0.1, -0.05) is 0 Å². The Morgan fingerprint density at radius 3 is 2.92 bits per heavy atom. The van der Waals surface area contributed by atoms with Crippen LogP contribution >= 0.6 is 0 Å². The molecule has 1 aliphatic rings. The molecule has 0 aliphatic carbocycles. The van der Waals surface area contributed by atoms with Gasteiger partial charge in [0.2, 0.25) is 0 Å². The van der Waals surface area contributed by atoms with E-state index < -0.39 is 24.1 Å². The number of hydrogen-bond acceptors (Lipinski definition) is 4. The number of nitrogens with zero attached hydrogens (tertiary/aromatic N) is 1. The third-order valence-corrected chi connectivity index (χ3v) is 3.95. The lowest BCUT2D eigenvalue weighted by Gasteiger charge is -2.37. The molecule has 5 nitrogen and oxygen atoms in total. The van der Waals surface area contributed by atoms with Crippen LogP contribution in [0.1, 0.15) is 24.2 Å². The summed E-state index contributed by atoms with van der Waals surface area (Å²) in [6.45, 7) is 3.21. The first-order chi connectivity index (χ1) is 11.4.